The summed E-state index contributed by atoms with van der Waals surface area (Å²) in [6, 6.07) is 12.3. The lowest BCUT2D eigenvalue weighted by Crippen LogP contribution is -1.96. The maximum absolute atomic E-state index is 9.15. The SMILES string of the molecule is COc1cccc(OC)c1Oc1cccc(Cl)c1C#N. The second-order valence-electron chi connectivity index (χ2n) is 3.82. The van der Waals surface area contributed by atoms with E-state index in [-0.39, 0.29) is 5.56 Å². The fourth-order valence-corrected chi connectivity index (χ4v) is 1.93. The predicted molar refractivity (Wildman–Crippen MR) is 75.8 cm³/mol. The molecule has 2 aromatic rings. The van der Waals surface area contributed by atoms with Gasteiger partial charge in [0.2, 0.25) is 5.75 Å². The van der Waals surface area contributed by atoms with Gasteiger partial charge in [-0.3, -0.25) is 0 Å². The van der Waals surface area contributed by atoms with Crippen LogP contribution in [-0.2, 0) is 0 Å². The van der Waals surface area contributed by atoms with Gasteiger partial charge in [0.1, 0.15) is 17.4 Å². The molecule has 0 saturated heterocycles. The molecule has 0 aliphatic carbocycles. The number of hydrogen-bond donors (Lipinski definition) is 0. The molecule has 0 heterocycles. The average Bonchev–Trinajstić information content (AvgIpc) is 2.47. The van der Waals surface area contributed by atoms with Crippen molar-refractivity contribution in [2.75, 3.05) is 14.2 Å². The summed E-state index contributed by atoms with van der Waals surface area (Å²) in [6.07, 6.45) is 0. The van der Waals surface area contributed by atoms with E-state index in [1.807, 2.05) is 6.07 Å². The third kappa shape index (κ3) is 2.63. The first-order valence-electron chi connectivity index (χ1n) is 5.78. The molecule has 0 unspecified atom stereocenters. The molecular weight excluding hydrogens is 278 g/mol. The molecule has 2 aromatic carbocycles. The molecule has 0 aromatic heterocycles. The number of nitriles is 1. The Morgan fingerprint density at radius 1 is 0.950 bits per heavy atom. The summed E-state index contributed by atoms with van der Waals surface area (Å²) < 4.78 is 16.3. The predicted octanol–water partition coefficient (Wildman–Crippen LogP) is 4.02. The van der Waals surface area contributed by atoms with E-state index in [1.165, 1.54) is 14.2 Å². The van der Waals surface area contributed by atoms with Gasteiger partial charge in [-0.25, -0.2) is 0 Å². The molecule has 0 saturated carbocycles. The van der Waals surface area contributed by atoms with E-state index in [2.05, 4.69) is 0 Å². The Morgan fingerprint density at radius 2 is 1.50 bits per heavy atom. The topological polar surface area (TPSA) is 51.5 Å². The molecule has 0 amide bonds. The number of rotatable bonds is 4. The van der Waals surface area contributed by atoms with Crippen molar-refractivity contribution in [2.45, 2.75) is 0 Å². The van der Waals surface area contributed by atoms with Crippen LogP contribution in [0.2, 0.25) is 5.02 Å². The molecular formula is C15H12ClNO3. The van der Waals surface area contributed by atoms with Crippen molar-refractivity contribution in [3.8, 4) is 29.1 Å². The maximum atomic E-state index is 9.15. The zero-order valence-electron chi connectivity index (χ0n) is 11.0. The molecule has 5 heteroatoms. The van der Waals surface area contributed by atoms with Gasteiger partial charge in [0.25, 0.3) is 0 Å². The quantitative estimate of drug-likeness (QED) is 0.853. The number of methoxy groups -OCH3 is 2. The van der Waals surface area contributed by atoms with Crippen molar-refractivity contribution in [3.05, 3.63) is 47.0 Å². The molecule has 102 valence electrons. The lowest BCUT2D eigenvalue weighted by Gasteiger charge is -2.14. The second kappa shape index (κ2) is 6.18. The van der Waals surface area contributed by atoms with Gasteiger partial charge >= 0.3 is 0 Å². The van der Waals surface area contributed by atoms with Crippen molar-refractivity contribution in [1.29, 1.82) is 5.26 Å². The summed E-state index contributed by atoms with van der Waals surface area (Å²) >= 11 is 5.98. The Kier molecular flexibility index (Phi) is 4.34. The smallest absolute Gasteiger partial charge is 0.211 e. The molecule has 0 radical (unpaired) electrons. The van der Waals surface area contributed by atoms with Crippen molar-refractivity contribution < 1.29 is 14.2 Å². The van der Waals surface area contributed by atoms with E-state index in [9.17, 15) is 0 Å². The Morgan fingerprint density at radius 3 is 2.05 bits per heavy atom. The van der Waals surface area contributed by atoms with Gasteiger partial charge in [-0.05, 0) is 24.3 Å². The van der Waals surface area contributed by atoms with Crippen LogP contribution in [-0.4, -0.2) is 14.2 Å². The first-order valence-corrected chi connectivity index (χ1v) is 6.16. The summed E-state index contributed by atoms with van der Waals surface area (Å²) in [7, 11) is 3.07. The van der Waals surface area contributed by atoms with E-state index in [1.54, 1.807) is 36.4 Å². The van der Waals surface area contributed by atoms with E-state index in [4.69, 9.17) is 31.1 Å². The Labute approximate surface area is 122 Å². The standard InChI is InChI=1S/C15H12ClNO3/c1-18-13-7-4-8-14(19-2)15(13)20-12-6-3-5-11(16)10(12)9-17/h3-8H,1-2H3. The lowest BCUT2D eigenvalue weighted by atomic mass is 10.2. The van der Waals surface area contributed by atoms with Gasteiger partial charge in [-0.1, -0.05) is 23.7 Å². The summed E-state index contributed by atoms with van der Waals surface area (Å²) in [5.41, 5.74) is 0.266. The number of halogens is 1. The maximum Gasteiger partial charge on any atom is 0.211 e. The number of nitrogens with zero attached hydrogens (tertiary/aromatic N) is 1. The molecule has 0 aliphatic heterocycles. The number of benzene rings is 2. The van der Waals surface area contributed by atoms with Crippen molar-refractivity contribution >= 4 is 11.6 Å². The number of para-hydroxylation sites is 1. The van der Waals surface area contributed by atoms with Crippen LogP contribution in [0.1, 0.15) is 5.56 Å². The first kappa shape index (κ1) is 14.0. The molecule has 0 atom stereocenters. The van der Waals surface area contributed by atoms with E-state index in [0.717, 1.165) is 0 Å². The third-order valence-corrected chi connectivity index (χ3v) is 3.00. The first-order chi connectivity index (χ1) is 9.71. The summed E-state index contributed by atoms with van der Waals surface area (Å²) in [5.74, 6) is 1.76. The van der Waals surface area contributed by atoms with Crippen molar-refractivity contribution in [1.82, 2.24) is 0 Å². The minimum absolute atomic E-state index is 0.266. The summed E-state index contributed by atoms with van der Waals surface area (Å²) in [4.78, 5) is 0. The minimum Gasteiger partial charge on any atom is -0.493 e. The second-order valence-corrected chi connectivity index (χ2v) is 4.23. The van der Waals surface area contributed by atoms with Crippen molar-refractivity contribution in [2.24, 2.45) is 0 Å². The molecule has 2 rings (SSSR count). The molecule has 0 N–H and O–H groups in total. The lowest BCUT2D eigenvalue weighted by molar-refractivity contribution is 0.346. The highest BCUT2D eigenvalue weighted by Gasteiger charge is 2.15. The Hall–Kier alpha value is -2.38. The van der Waals surface area contributed by atoms with Gasteiger partial charge in [0.15, 0.2) is 11.5 Å². The van der Waals surface area contributed by atoms with Crippen molar-refractivity contribution in [3.63, 3.8) is 0 Å². The fraction of sp³-hybridized carbons (Fsp3) is 0.133. The van der Waals surface area contributed by atoms with Crippen LogP contribution in [0, 0.1) is 11.3 Å². The Balaban J connectivity index is 2.50. The Bertz CT molecular complexity index is 642. The normalized spacial score (nSPS) is 9.70. The molecule has 0 spiro atoms. The summed E-state index contributed by atoms with van der Waals surface area (Å²) in [5, 5.41) is 9.49. The zero-order chi connectivity index (χ0) is 14.5. The van der Waals surface area contributed by atoms with Crippen LogP contribution in [0.4, 0.5) is 0 Å². The van der Waals surface area contributed by atoms with Crippen LogP contribution < -0.4 is 14.2 Å². The van der Waals surface area contributed by atoms with E-state index < -0.39 is 0 Å². The number of ether oxygens (including phenoxy) is 3. The average molecular weight is 290 g/mol. The minimum atomic E-state index is 0.266. The molecule has 0 bridgehead atoms. The van der Waals surface area contributed by atoms with Gasteiger partial charge in [-0.15, -0.1) is 0 Å². The molecule has 20 heavy (non-hydrogen) atoms. The van der Waals surface area contributed by atoms with Crippen LogP contribution in [0.25, 0.3) is 0 Å². The highest BCUT2D eigenvalue weighted by molar-refractivity contribution is 6.31. The fourth-order valence-electron chi connectivity index (χ4n) is 1.73. The van der Waals surface area contributed by atoms with Crippen LogP contribution >= 0.6 is 11.6 Å². The molecule has 0 fully saturated rings. The molecule has 0 aliphatic rings. The third-order valence-electron chi connectivity index (χ3n) is 2.68. The molecule has 4 nitrogen and oxygen atoms in total. The van der Waals surface area contributed by atoms with Crippen LogP contribution in [0.3, 0.4) is 0 Å². The number of hydrogen-bond acceptors (Lipinski definition) is 4. The van der Waals surface area contributed by atoms with Gasteiger partial charge < -0.3 is 14.2 Å². The summed E-state index contributed by atoms with van der Waals surface area (Å²) in [6.45, 7) is 0. The van der Waals surface area contributed by atoms with Crippen LogP contribution in [0.5, 0.6) is 23.0 Å². The highest BCUT2D eigenvalue weighted by Crippen LogP contribution is 2.41. The largest absolute Gasteiger partial charge is 0.493 e. The van der Waals surface area contributed by atoms with Gasteiger partial charge in [0, 0.05) is 0 Å². The van der Waals surface area contributed by atoms with Gasteiger partial charge in [-0.2, -0.15) is 5.26 Å². The zero-order valence-corrected chi connectivity index (χ0v) is 11.8. The van der Waals surface area contributed by atoms with Gasteiger partial charge in [0.05, 0.1) is 19.2 Å². The van der Waals surface area contributed by atoms with E-state index >= 15 is 0 Å². The van der Waals surface area contributed by atoms with Crippen LogP contribution in [0.15, 0.2) is 36.4 Å². The monoisotopic (exact) mass is 289 g/mol. The van der Waals surface area contributed by atoms with E-state index in [0.29, 0.717) is 28.0 Å². The highest BCUT2D eigenvalue weighted by atomic mass is 35.5.